The summed E-state index contributed by atoms with van der Waals surface area (Å²) in [6.07, 6.45) is 8.49. The highest BCUT2D eigenvalue weighted by atomic mass is 15.2. The van der Waals surface area contributed by atoms with E-state index in [1.165, 1.54) is 58.2 Å². The monoisotopic (exact) mass is 224 g/mol. The van der Waals surface area contributed by atoms with Crippen molar-refractivity contribution in [3.8, 4) is 0 Å². The van der Waals surface area contributed by atoms with Gasteiger partial charge in [-0.3, -0.25) is 4.90 Å². The Hall–Kier alpha value is -0.0800. The van der Waals surface area contributed by atoms with Gasteiger partial charge in [0.05, 0.1) is 0 Å². The third-order valence-electron chi connectivity index (χ3n) is 3.89. The van der Waals surface area contributed by atoms with E-state index in [9.17, 15) is 0 Å². The predicted molar refractivity (Wildman–Crippen MR) is 69.7 cm³/mol. The molecule has 0 spiro atoms. The van der Waals surface area contributed by atoms with Crippen LogP contribution in [0.15, 0.2) is 0 Å². The molecule has 0 aromatic heterocycles. The van der Waals surface area contributed by atoms with Gasteiger partial charge in [0.25, 0.3) is 0 Å². The number of hydrogen-bond donors (Lipinski definition) is 1. The van der Waals surface area contributed by atoms with Crippen molar-refractivity contribution < 1.29 is 0 Å². The Morgan fingerprint density at radius 1 is 1.25 bits per heavy atom. The molecule has 2 heteroatoms. The molecule has 0 heterocycles. The second-order valence-electron chi connectivity index (χ2n) is 5.78. The van der Waals surface area contributed by atoms with Crippen LogP contribution in [0.25, 0.3) is 0 Å². The zero-order chi connectivity index (χ0) is 11.4. The van der Waals surface area contributed by atoms with Crippen molar-refractivity contribution in [1.29, 1.82) is 0 Å². The van der Waals surface area contributed by atoms with E-state index >= 15 is 0 Å². The zero-order valence-electron chi connectivity index (χ0n) is 11.0. The van der Waals surface area contributed by atoms with Crippen LogP contribution in [-0.2, 0) is 0 Å². The van der Waals surface area contributed by atoms with Gasteiger partial charge in [-0.15, -0.1) is 0 Å². The minimum Gasteiger partial charge on any atom is -0.315 e. The molecule has 0 bridgehead atoms. The van der Waals surface area contributed by atoms with Gasteiger partial charge in [-0.1, -0.05) is 13.3 Å². The summed E-state index contributed by atoms with van der Waals surface area (Å²) in [4.78, 5) is 2.77. The summed E-state index contributed by atoms with van der Waals surface area (Å²) in [6.45, 7) is 8.42. The summed E-state index contributed by atoms with van der Waals surface area (Å²) in [5, 5.41) is 3.60. The van der Waals surface area contributed by atoms with Gasteiger partial charge in [-0.05, 0) is 51.5 Å². The number of nitrogens with zero attached hydrogens (tertiary/aromatic N) is 1. The maximum atomic E-state index is 3.60. The van der Waals surface area contributed by atoms with Crippen molar-refractivity contribution in [3.63, 3.8) is 0 Å². The van der Waals surface area contributed by atoms with Crippen LogP contribution < -0.4 is 5.32 Å². The third-order valence-corrected chi connectivity index (χ3v) is 3.89. The van der Waals surface area contributed by atoms with E-state index in [0.29, 0.717) is 0 Å². The highest BCUT2D eigenvalue weighted by Gasteiger charge is 2.35. The van der Waals surface area contributed by atoms with E-state index in [4.69, 9.17) is 0 Å². The SMILES string of the molecule is CCCCNCC(C)N(CC1CC1)C1CC1. The number of hydrogen-bond acceptors (Lipinski definition) is 2. The average molecular weight is 224 g/mol. The molecule has 2 aliphatic rings. The van der Waals surface area contributed by atoms with Crippen LogP contribution in [0.5, 0.6) is 0 Å². The van der Waals surface area contributed by atoms with Crippen LogP contribution in [0.3, 0.4) is 0 Å². The maximum absolute atomic E-state index is 3.60. The Bertz CT molecular complexity index is 197. The molecule has 94 valence electrons. The summed E-state index contributed by atoms with van der Waals surface area (Å²) in [7, 11) is 0. The van der Waals surface area contributed by atoms with Crippen molar-refractivity contribution in [2.24, 2.45) is 5.92 Å². The molecule has 16 heavy (non-hydrogen) atoms. The van der Waals surface area contributed by atoms with Crippen molar-refractivity contribution in [2.75, 3.05) is 19.6 Å². The van der Waals surface area contributed by atoms with Crippen LogP contribution in [0.4, 0.5) is 0 Å². The fourth-order valence-electron chi connectivity index (χ4n) is 2.42. The Kier molecular flexibility index (Phi) is 4.66. The average Bonchev–Trinajstić information content (AvgIpc) is 3.14. The van der Waals surface area contributed by atoms with E-state index in [2.05, 4.69) is 24.1 Å². The van der Waals surface area contributed by atoms with Crippen LogP contribution in [0.1, 0.15) is 52.4 Å². The molecule has 0 aromatic carbocycles. The fraction of sp³-hybridized carbons (Fsp3) is 1.00. The molecule has 2 rings (SSSR count). The minimum atomic E-state index is 0.741. The Labute approximate surface area is 101 Å². The van der Waals surface area contributed by atoms with Gasteiger partial charge in [-0.2, -0.15) is 0 Å². The van der Waals surface area contributed by atoms with Gasteiger partial charge in [0.2, 0.25) is 0 Å². The standard InChI is InChI=1S/C14H28N2/c1-3-4-9-15-10-12(2)16(14-7-8-14)11-13-5-6-13/h12-15H,3-11H2,1-2H3. The first-order valence-corrected chi connectivity index (χ1v) is 7.27. The molecule has 1 atom stereocenters. The smallest absolute Gasteiger partial charge is 0.0195 e. The van der Waals surface area contributed by atoms with Crippen LogP contribution in [0.2, 0.25) is 0 Å². The van der Waals surface area contributed by atoms with Crippen molar-refractivity contribution in [3.05, 3.63) is 0 Å². The van der Waals surface area contributed by atoms with E-state index < -0.39 is 0 Å². The van der Waals surface area contributed by atoms with E-state index in [1.807, 2.05) is 0 Å². The molecule has 0 radical (unpaired) electrons. The number of unbranched alkanes of at least 4 members (excludes halogenated alkanes) is 1. The lowest BCUT2D eigenvalue weighted by Crippen LogP contribution is -2.43. The molecule has 1 unspecified atom stereocenters. The first-order valence-electron chi connectivity index (χ1n) is 7.27. The van der Waals surface area contributed by atoms with Crippen molar-refractivity contribution in [1.82, 2.24) is 10.2 Å². The summed E-state index contributed by atoms with van der Waals surface area (Å²) >= 11 is 0. The molecule has 1 N–H and O–H groups in total. The summed E-state index contributed by atoms with van der Waals surface area (Å²) in [5.41, 5.74) is 0. The molecule has 2 aliphatic carbocycles. The second-order valence-corrected chi connectivity index (χ2v) is 5.78. The third kappa shape index (κ3) is 4.06. The van der Waals surface area contributed by atoms with Gasteiger partial charge in [0.1, 0.15) is 0 Å². The minimum absolute atomic E-state index is 0.741. The summed E-state index contributed by atoms with van der Waals surface area (Å²) in [5.74, 6) is 1.04. The Morgan fingerprint density at radius 2 is 2.00 bits per heavy atom. The van der Waals surface area contributed by atoms with Gasteiger partial charge >= 0.3 is 0 Å². The molecule has 2 saturated carbocycles. The fourth-order valence-corrected chi connectivity index (χ4v) is 2.42. The highest BCUT2D eigenvalue weighted by Crippen LogP contribution is 2.35. The van der Waals surface area contributed by atoms with Crippen LogP contribution in [0, 0.1) is 5.92 Å². The molecule has 0 aromatic rings. The van der Waals surface area contributed by atoms with Gasteiger partial charge in [0, 0.05) is 25.2 Å². The zero-order valence-corrected chi connectivity index (χ0v) is 11.0. The largest absolute Gasteiger partial charge is 0.315 e. The Morgan fingerprint density at radius 3 is 2.56 bits per heavy atom. The molecule has 2 nitrogen and oxygen atoms in total. The molecular weight excluding hydrogens is 196 g/mol. The lowest BCUT2D eigenvalue weighted by Gasteiger charge is -2.29. The molecule has 0 amide bonds. The lowest BCUT2D eigenvalue weighted by atomic mass is 10.2. The van der Waals surface area contributed by atoms with Crippen LogP contribution in [-0.4, -0.2) is 36.6 Å². The summed E-state index contributed by atoms with van der Waals surface area (Å²) < 4.78 is 0. The van der Waals surface area contributed by atoms with Gasteiger partial charge in [-0.25, -0.2) is 0 Å². The second kappa shape index (κ2) is 6.02. The number of nitrogens with one attached hydrogen (secondary N) is 1. The topological polar surface area (TPSA) is 15.3 Å². The molecule has 0 aliphatic heterocycles. The van der Waals surface area contributed by atoms with Crippen LogP contribution >= 0.6 is 0 Å². The highest BCUT2D eigenvalue weighted by molar-refractivity contribution is 4.91. The van der Waals surface area contributed by atoms with Gasteiger partial charge in [0.15, 0.2) is 0 Å². The normalized spacial score (nSPS) is 22.7. The lowest BCUT2D eigenvalue weighted by molar-refractivity contribution is 0.186. The predicted octanol–water partition coefficient (Wildman–Crippen LogP) is 2.64. The first-order chi connectivity index (χ1) is 7.81. The molecular formula is C14H28N2. The molecule has 0 saturated heterocycles. The van der Waals surface area contributed by atoms with Crippen molar-refractivity contribution in [2.45, 2.75) is 64.5 Å². The van der Waals surface area contributed by atoms with E-state index in [0.717, 1.165) is 18.0 Å². The van der Waals surface area contributed by atoms with Gasteiger partial charge < -0.3 is 5.32 Å². The summed E-state index contributed by atoms with van der Waals surface area (Å²) in [6, 6.07) is 1.67. The Balaban J connectivity index is 1.64. The molecule has 2 fully saturated rings. The maximum Gasteiger partial charge on any atom is 0.0195 e. The van der Waals surface area contributed by atoms with E-state index in [1.54, 1.807) is 0 Å². The quantitative estimate of drug-likeness (QED) is 0.606. The van der Waals surface area contributed by atoms with E-state index in [-0.39, 0.29) is 0 Å². The number of rotatable bonds is 9. The van der Waals surface area contributed by atoms with Crippen molar-refractivity contribution >= 4 is 0 Å². The first kappa shape index (κ1) is 12.4.